The van der Waals surface area contributed by atoms with E-state index in [1.165, 1.54) is 5.56 Å². The van der Waals surface area contributed by atoms with Crippen LogP contribution in [0.25, 0.3) is 0 Å². The summed E-state index contributed by atoms with van der Waals surface area (Å²) in [5, 5.41) is 0. The van der Waals surface area contributed by atoms with Gasteiger partial charge in [0.1, 0.15) is 0 Å². The molecular weight excluding hydrogens is 442 g/mol. The fourth-order valence-electron chi connectivity index (χ4n) is 5.09. The third kappa shape index (κ3) is 5.66. The van der Waals surface area contributed by atoms with Crippen molar-refractivity contribution in [3.8, 4) is 0 Å². The minimum absolute atomic E-state index is 0.00113. The van der Waals surface area contributed by atoms with E-state index in [1.807, 2.05) is 72.4 Å². The van der Waals surface area contributed by atoms with Crippen LogP contribution in [0, 0.1) is 11.8 Å². The van der Waals surface area contributed by atoms with Gasteiger partial charge in [-0.05, 0) is 48.6 Å². The van der Waals surface area contributed by atoms with Crippen molar-refractivity contribution >= 4 is 29.2 Å². The number of amides is 2. The molecule has 7 nitrogen and oxygen atoms in total. The largest absolute Gasteiger partial charge is 0.455 e. The SMILES string of the molecule is CN(Cc1ccc(N(C)C)cc1)C(=O)COC(=O)C1CCCCC1C(=O)N1CCc2ccccc21. The third-order valence-corrected chi connectivity index (χ3v) is 7.18. The third-order valence-electron chi connectivity index (χ3n) is 7.18. The fraction of sp³-hybridized carbons (Fsp3) is 0.464. The number of para-hydroxylation sites is 1. The van der Waals surface area contributed by atoms with Crippen LogP contribution in [0.1, 0.15) is 36.8 Å². The number of hydrogen-bond acceptors (Lipinski definition) is 5. The van der Waals surface area contributed by atoms with Gasteiger partial charge in [0.05, 0.1) is 11.8 Å². The van der Waals surface area contributed by atoms with Gasteiger partial charge in [-0.15, -0.1) is 0 Å². The Balaban J connectivity index is 1.33. The van der Waals surface area contributed by atoms with Gasteiger partial charge in [0, 0.05) is 45.6 Å². The number of carbonyl (C=O) groups is 3. The van der Waals surface area contributed by atoms with Crippen molar-refractivity contribution in [1.82, 2.24) is 4.90 Å². The van der Waals surface area contributed by atoms with E-state index in [2.05, 4.69) is 0 Å². The smallest absolute Gasteiger partial charge is 0.310 e. The van der Waals surface area contributed by atoms with Crippen molar-refractivity contribution in [2.24, 2.45) is 11.8 Å². The molecule has 2 amide bonds. The highest BCUT2D eigenvalue weighted by Gasteiger charge is 2.40. The molecule has 0 aromatic heterocycles. The maximum absolute atomic E-state index is 13.4. The molecule has 2 unspecified atom stereocenters. The maximum atomic E-state index is 13.4. The Kier molecular flexibility index (Phi) is 7.73. The van der Waals surface area contributed by atoms with E-state index in [0.29, 0.717) is 25.9 Å². The number of fused-ring (bicyclic) bond motifs is 1. The summed E-state index contributed by atoms with van der Waals surface area (Å²) in [6.07, 6.45) is 3.93. The zero-order valence-corrected chi connectivity index (χ0v) is 20.9. The Morgan fingerprint density at radius 1 is 0.943 bits per heavy atom. The van der Waals surface area contributed by atoms with Crippen molar-refractivity contribution in [1.29, 1.82) is 0 Å². The number of likely N-dealkylation sites (N-methyl/N-ethyl adjacent to an activating group) is 1. The number of nitrogens with zero attached hydrogens (tertiary/aromatic N) is 3. The number of rotatable bonds is 7. The van der Waals surface area contributed by atoms with E-state index in [1.54, 1.807) is 11.9 Å². The maximum Gasteiger partial charge on any atom is 0.310 e. The van der Waals surface area contributed by atoms with Crippen LogP contribution in [0.5, 0.6) is 0 Å². The molecule has 2 aromatic rings. The van der Waals surface area contributed by atoms with Gasteiger partial charge in [-0.2, -0.15) is 0 Å². The molecule has 2 atom stereocenters. The molecule has 2 aliphatic rings. The van der Waals surface area contributed by atoms with Crippen molar-refractivity contribution in [2.75, 3.05) is 44.1 Å². The van der Waals surface area contributed by atoms with Crippen LogP contribution in [-0.4, -0.2) is 57.0 Å². The number of anilines is 2. The van der Waals surface area contributed by atoms with Crippen LogP contribution in [0.3, 0.4) is 0 Å². The molecular formula is C28H35N3O4. The highest BCUT2D eigenvalue weighted by molar-refractivity contribution is 5.99. The minimum Gasteiger partial charge on any atom is -0.455 e. The molecule has 4 rings (SSSR count). The summed E-state index contributed by atoms with van der Waals surface area (Å²) in [4.78, 5) is 44.5. The lowest BCUT2D eigenvalue weighted by atomic mass is 9.78. The summed E-state index contributed by atoms with van der Waals surface area (Å²) >= 11 is 0. The summed E-state index contributed by atoms with van der Waals surface area (Å²) in [6.45, 7) is 0.771. The number of benzene rings is 2. The van der Waals surface area contributed by atoms with Gasteiger partial charge in [0.25, 0.3) is 5.91 Å². The fourth-order valence-corrected chi connectivity index (χ4v) is 5.09. The van der Waals surface area contributed by atoms with Gasteiger partial charge >= 0.3 is 5.97 Å². The summed E-state index contributed by atoms with van der Waals surface area (Å²) in [5.74, 6) is -1.60. The lowest BCUT2D eigenvalue weighted by Crippen LogP contribution is -2.43. The Morgan fingerprint density at radius 3 is 2.34 bits per heavy atom. The number of carbonyl (C=O) groups excluding carboxylic acids is 3. The predicted molar refractivity (Wildman–Crippen MR) is 136 cm³/mol. The zero-order chi connectivity index (χ0) is 24.9. The van der Waals surface area contributed by atoms with Crippen molar-refractivity contribution < 1.29 is 19.1 Å². The minimum atomic E-state index is -0.499. The van der Waals surface area contributed by atoms with Gasteiger partial charge in [0.2, 0.25) is 5.91 Å². The first-order valence-electron chi connectivity index (χ1n) is 12.4. The van der Waals surface area contributed by atoms with E-state index in [-0.39, 0.29) is 18.4 Å². The summed E-state index contributed by atoms with van der Waals surface area (Å²) < 4.78 is 5.46. The van der Waals surface area contributed by atoms with E-state index >= 15 is 0 Å². The Morgan fingerprint density at radius 2 is 1.63 bits per heavy atom. The molecule has 7 heteroatoms. The lowest BCUT2D eigenvalue weighted by Gasteiger charge is -2.32. The van der Waals surface area contributed by atoms with Crippen LogP contribution in [0.2, 0.25) is 0 Å². The molecule has 0 radical (unpaired) electrons. The first-order valence-corrected chi connectivity index (χ1v) is 12.4. The van der Waals surface area contributed by atoms with Crippen LogP contribution < -0.4 is 9.80 Å². The van der Waals surface area contributed by atoms with Gasteiger partial charge < -0.3 is 19.4 Å². The molecule has 0 saturated heterocycles. The Hall–Kier alpha value is -3.35. The second-order valence-corrected chi connectivity index (χ2v) is 9.78. The molecule has 0 N–H and O–H groups in total. The van der Waals surface area contributed by atoms with Crippen LogP contribution >= 0.6 is 0 Å². The van der Waals surface area contributed by atoms with Crippen LogP contribution in [-0.2, 0) is 32.1 Å². The van der Waals surface area contributed by atoms with Crippen molar-refractivity contribution in [3.63, 3.8) is 0 Å². The van der Waals surface area contributed by atoms with Gasteiger partial charge in [-0.1, -0.05) is 43.2 Å². The number of esters is 1. The van der Waals surface area contributed by atoms with E-state index in [9.17, 15) is 14.4 Å². The zero-order valence-electron chi connectivity index (χ0n) is 20.9. The number of hydrogen-bond donors (Lipinski definition) is 0. The van der Waals surface area contributed by atoms with Gasteiger partial charge in [-0.3, -0.25) is 14.4 Å². The van der Waals surface area contributed by atoms with E-state index in [0.717, 1.165) is 36.2 Å². The standard InChI is InChI=1S/C28H35N3O4/c1-29(2)22-14-12-20(13-15-22)18-30(3)26(32)19-35-28(34)24-10-6-5-9-23(24)27(33)31-17-16-21-8-4-7-11-25(21)31/h4,7-8,11-15,23-24H,5-6,9-10,16-19H2,1-3H3. The highest BCUT2D eigenvalue weighted by Crippen LogP contribution is 2.36. The first kappa shape index (κ1) is 24.8. The topological polar surface area (TPSA) is 70.2 Å². The van der Waals surface area contributed by atoms with Gasteiger partial charge in [0.15, 0.2) is 6.61 Å². The van der Waals surface area contributed by atoms with E-state index in [4.69, 9.17) is 4.74 Å². The molecule has 0 spiro atoms. The predicted octanol–water partition coefficient (Wildman–Crippen LogP) is 3.65. The normalized spacial score (nSPS) is 19.1. The lowest BCUT2D eigenvalue weighted by molar-refractivity contribution is -0.159. The van der Waals surface area contributed by atoms with Crippen LogP contribution in [0.15, 0.2) is 48.5 Å². The summed E-state index contributed by atoms with van der Waals surface area (Å²) in [6, 6.07) is 15.9. The first-order chi connectivity index (χ1) is 16.8. The second kappa shape index (κ2) is 10.9. The quantitative estimate of drug-likeness (QED) is 0.570. The Bertz CT molecular complexity index is 1070. The molecule has 1 heterocycles. The summed E-state index contributed by atoms with van der Waals surface area (Å²) in [5.41, 5.74) is 4.21. The molecule has 1 fully saturated rings. The molecule has 1 aliphatic carbocycles. The molecule has 186 valence electrons. The summed E-state index contributed by atoms with van der Waals surface area (Å²) in [7, 11) is 5.66. The molecule has 35 heavy (non-hydrogen) atoms. The molecule has 2 aromatic carbocycles. The second-order valence-electron chi connectivity index (χ2n) is 9.78. The molecule has 1 saturated carbocycles. The average molecular weight is 478 g/mol. The van der Waals surface area contributed by atoms with Crippen molar-refractivity contribution in [3.05, 3.63) is 59.7 Å². The van der Waals surface area contributed by atoms with E-state index < -0.39 is 17.8 Å². The van der Waals surface area contributed by atoms with Gasteiger partial charge in [-0.25, -0.2) is 0 Å². The van der Waals surface area contributed by atoms with Crippen molar-refractivity contribution in [2.45, 2.75) is 38.6 Å². The van der Waals surface area contributed by atoms with Crippen LogP contribution in [0.4, 0.5) is 11.4 Å². The average Bonchev–Trinajstić information content (AvgIpc) is 3.31. The highest BCUT2D eigenvalue weighted by atomic mass is 16.5. The molecule has 0 bridgehead atoms. The molecule has 1 aliphatic heterocycles. The number of ether oxygens (including phenoxy) is 1. The Labute approximate surface area is 207 Å². The monoisotopic (exact) mass is 477 g/mol.